The Morgan fingerprint density at radius 1 is 1.28 bits per heavy atom. The van der Waals surface area contributed by atoms with Gasteiger partial charge in [0.2, 0.25) is 0 Å². The third kappa shape index (κ3) is 3.82. The van der Waals surface area contributed by atoms with Gasteiger partial charge in [-0.05, 0) is 42.5 Å². The van der Waals surface area contributed by atoms with Crippen LogP contribution in [0.2, 0.25) is 0 Å². The van der Waals surface area contributed by atoms with Crippen molar-refractivity contribution < 1.29 is 14.1 Å². The fraction of sp³-hybridized carbons (Fsp3) is 0.111. The second kappa shape index (κ2) is 7.27. The number of benzene rings is 2. The zero-order valence-corrected chi connectivity index (χ0v) is 13.4. The van der Waals surface area contributed by atoms with Gasteiger partial charge in [-0.3, -0.25) is 4.79 Å². The third-order valence-corrected chi connectivity index (χ3v) is 3.47. The van der Waals surface area contributed by atoms with Crippen molar-refractivity contribution in [3.05, 3.63) is 65.5 Å². The van der Waals surface area contributed by atoms with Crippen LogP contribution in [0.5, 0.6) is 5.75 Å². The van der Waals surface area contributed by atoms with Crippen molar-refractivity contribution in [2.45, 2.75) is 6.54 Å². The number of nitriles is 1. The number of carbonyl (C=O) groups excluding carboxylic acids is 1. The number of carbonyl (C=O) groups is 1. The summed E-state index contributed by atoms with van der Waals surface area (Å²) in [5.74, 6) is 1.14. The molecule has 7 heteroatoms. The fourth-order valence-corrected chi connectivity index (χ4v) is 2.17. The molecule has 1 heterocycles. The van der Waals surface area contributed by atoms with Gasteiger partial charge < -0.3 is 14.6 Å². The number of nitrogens with one attached hydrogen (secondary N) is 1. The molecule has 0 atom stereocenters. The van der Waals surface area contributed by atoms with Crippen molar-refractivity contribution in [3.63, 3.8) is 0 Å². The lowest BCUT2D eigenvalue weighted by molar-refractivity contribution is 0.0949. The van der Waals surface area contributed by atoms with E-state index in [-0.39, 0.29) is 12.5 Å². The molecule has 0 fully saturated rings. The van der Waals surface area contributed by atoms with E-state index in [1.54, 1.807) is 37.4 Å². The molecule has 0 saturated carbocycles. The molecule has 0 unspecified atom stereocenters. The molecule has 0 aliphatic carbocycles. The maximum atomic E-state index is 12.1. The molecule has 0 radical (unpaired) electrons. The molecule has 1 aromatic heterocycles. The van der Waals surface area contributed by atoms with E-state index in [9.17, 15) is 4.79 Å². The molecule has 1 N–H and O–H groups in total. The van der Waals surface area contributed by atoms with E-state index >= 15 is 0 Å². The van der Waals surface area contributed by atoms with Gasteiger partial charge in [0.1, 0.15) is 5.75 Å². The summed E-state index contributed by atoms with van der Waals surface area (Å²) in [6.45, 7) is 0.120. The Bertz CT molecular complexity index is 926. The highest BCUT2D eigenvalue weighted by Crippen LogP contribution is 2.20. The number of hydrogen-bond acceptors (Lipinski definition) is 6. The summed E-state index contributed by atoms with van der Waals surface area (Å²) in [5, 5.41) is 15.4. The van der Waals surface area contributed by atoms with E-state index in [0.29, 0.717) is 22.8 Å². The normalized spacial score (nSPS) is 10.1. The van der Waals surface area contributed by atoms with Gasteiger partial charge in [0.05, 0.1) is 25.3 Å². The van der Waals surface area contributed by atoms with E-state index in [4.69, 9.17) is 14.5 Å². The average Bonchev–Trinajstić information content (AvgIpc) is 3.15. The van der Waals surface area contributed by atoms with Gasteiger partial charge in [-0.25, -0.2) is 0 Å². The fourth-order valence-electron chi connectivity index (χ4n) is 2.17. The van der Waals surface area contributed by atoms with Crippen LogP contribution in [0.4, 0.5) is 0 Å². The lowest BCUT2D eigenvalue weighted by Gasteiger charge is -2.02. The van der Waals surface area contributed by atoms with Gasteiger partial charge in [-0.15, -0.1) is 0 Å². The van der Waals surface area contributed by atoms with Crippen LogP contribution in [0.3, 0.4) is 0 Å². The minimum absolute atomic E-state index is 0.120. The lowest BCUT2D eigenvalue weighted by Crippen LogP contribution is -2.23. The molecular formula is C18H14N4O3. The molecule has 25 heavy (non-hydrogen) atoms. The highest BCUT2D eigenvalue weighted by atomic mass is 16.5. The molecule has 124 valence electrons. The first-order valence-corrected chi connectivity index (χ1v) is 7.45. The third-order valence-electron chi connectivity index (χ3n) is 3.47. The van der Waals surface area contributed by atoms with Crippen LogP contribution in [0.25, 0.3) is 11.5 Å². The molecule has 0 spiro atoms. The zero-order valence-electron chi connectivity index (χ0n) is 13.4. The van der Waals surface area contributed by atoms with E-state index in [1.165, 1.54) is 6.07 Å². The highest BCUT2D eigenvalue weighted by molar-refractivity contribution is 5.94. The minimum atomic E-state index is -0.312. The molecule has 2 aromatic carbocycles. The second-order valence-corrected chi connectivity index (χ2v) is 5.12. The largest absolute Gasteiger partial charge is 0.497 e. The summed E-state index contributed by atoms with van der Waals surface area (Å²) in [6.07, 6.45) is 0. The van der Waals surface area contributed by atoms with Crippen molar-refractivity contribution in [3.8, 4) is 23.3 Å². The van der Waals surface area contributed by atoms with Gasteiger partial charge in [0, 0.05) is 11.1 Å². The predicted molar refractivity (Wildman–Crippen MR) is 88.6 cm³/mol. The van der Waals surface area contributed by atoms with Crippen molar-refractivity contribution in [2.24, 2.45) is 0 Å². The Kier molecular flexibility index (Phi) is 4.72. The van der Waals surface area contributed by atoms with Gasteiger partial charge >= 0.3 is 0 Å². The summed E-state index contributed by atoms with van der Waals surface area (Å²) in [4.78, 5) is 16.4. The number of nitrogens with zero attached hydrogens (tertiary/aromatic N) is 3. The molecule has 1 amide bonds. The van der Waals surface area contributed by atoms with Crippen molar-refractivity contribution in [1.29, 1.82) is 5.26 Å². The molecule has 3 rings (SSSR count). The first-order chi connectivity index (χ1) is 12.2. The van der Waals surface area contributed by atoms with Gasteiger partial charge in [-0.2, -0.15) is 10.2 Å². The van der Waals surface area contributed by atoms with Crippen LogP contribution in [-0.4, -0.2) is 23.2 Å². The number of methoxy groups -OCH3 is 1. The van der Waals surface area contributed by atoms with Crippen LogP contribution >= 0.6 is 0 Å². The summed E-state index contributed by atoms with van der Waals surface area (Å²) in [6, 6.07) is 15.7. The zero-order chi connectivity index (χ0) is 17.6. The topological polar surface area (TPSA) is 101 Å². The summed E-state index contributed by atoms with van der Waals surface area (Å²) < 4.78 is 10.3. The Labute approximate surface area is 143 Å². The molecule has 7 nitrogen and oxygen atoms in total. The van der Waals surface area contributed by atoms with Crippen molar-refractivity contribution in [1.82, 2.24) is 15.5 Å². The quantitative estimate of drug-likeness (QED) is 0.769. The summed E-state index contributed by atoms with van der Waals surface area (Å²) in [7, 11) is 1.59. The Balaban J connectivity index is 1.65. The monoisotopic (exact) mass is 334 g/mol. The molecule has 0 aliphatic heterocycles. The molecular weight excluding hydrogens is 320 g/mol. The number of amides is 1. The van der Waals surface area contributed by atoms with Crippen LogP contribution in [0.1, 0.15) is 21.7 Å². The van der Waals surface area contributed by atoms with E-state index in [1.807, 2.05) is 18.2 Å². The smallest absolute Gasteiger partial charge is 0.257 e. The van der Waals surface area contributed by atoms with Crippen LogP contribution in [0.15, 0.2) is 53.1 Å². The first kappa shape index (κ1) is 16.2. The number of ether oxygens (including phenoxy) is 1. The number of aromatic nitrogens is 2. The summed E-state index contributed by atoms with van der Waals surface area (Å²) in [5.41, 5.74) is 1.58. The summed E-state index contributed by atoms with van der Waals surface area (Å²) >= 11 is 0. The Hall–Kier alpha value is -3.66. The highest BCUT2D eigenvalue weighted by Gasteiger charge is 2.11. The molecule has 0 saturated heterocycles. The van der Waals surface area contributed by atoms with E-state index < -0.39 is 0 Å². The number of hydrogen-bond donors (Lipinski definition) is 1. The van der Waals surface area contributed by atoms with Crippen LogP contribution in [-0.2, 0) is 6.54 Å². The average molecular weight is 334 g/mol. The van der Waals surface area contributed by atoms with Gasteiger partial charge in [-0.1, -0.05) is 11.2 Å². The van der Waals surface area contributed by atoms with Crippen LogP contribution in [0, 0.1) is 11.3 Å². The Morgan fingerprint density at radius 2 is 2.08 bits per heavy atom. The molecule has 0 aliphatic rings. The van der Waals surface area contributed by atoms with Crippen LogP contribution < -0.4 is 10.1 Å². The maximum absolute atomic E-state index is 12.1. The van der Waals surface area contributed by atoms with E-state index in [2.05, 4.69) is 15.5 Å². The van der Waals surface area contributed by atoms with E-state index in [0.717, 1.165) is 11.3 Å². The lowest BCUT2D eigenvalue weighted by atomic mass is 10.1. The molecule has 3 aromatic rings. The van der Waals surface area contributed by atoms with Crippen molar-refractivity contribution in [2.75, 3.05) is 7.11 Å². The van der Waals surface area contributed by atoms with Crippen molar-refractivity contribution >= 4 is 5.91 Å². The number of rotatable bonds is 5. The van der Waals surface area contributed by atoms with Gasteiger partial charge in [0.25, 0.3) is 11.8 Å². The molecule has 0 bridgehead atoms. The minimum Gasteiger partial charge on any atom is -0.497 e. The standard InChI is InChI=1S/C18H14N4O3/c1-24-15-7-5-13(6-8-15)18-21-16(22-25-18)11-20-17(23)14-4-2-3-12(9-14)10-19/h2-9H,11H2,1H3,(H,20,23). The Morgan fingerprint density at radius 3 is 2.80 bits per heavy atom. The predicted octanol–water partition coefficient (Wildman–Crippen LogP) is 2.55. The maximum Gasteiger partial charge on any atom is 0.257 e. The second-order valence-electron chi connectivity index (χ2n) is 5.12. The van der Waals surface area contributed by atoms with Gasteiger partial charge in [0.15, 0.2) is 5.82 Å². The SMILES string of the molecule is COc1ccc(-c2nc(CNC(=O)c3cccc(C#N)c3)no2)cc1. The first-order valence-electron chi connectivity index (χ1n) is 7.45.